The molecule has 0 radical (unpaired) electrons. The average Bonchev–Trinajstić information content (AvgIpc) is 3.10. The van der Waals surface area contributed by atoms with Crippen LogP contribution in [0.3, 0.4) is 0 Å². The third kappa shape index (κ3) is 2.78. The van der Waals surface area contributed by atoms with Gasteiger partial charge in [0.05, 0.1) is 12.6 Å². The summed E-state index contributed by atoms with van der Waals surface area (Å²) in [5.74, 6) is -1.97. The van der Waals surface area contributed by atoms with E-state index in [9.17, 15) is 14.7 Å². The van der Waals surface area contributed by atoms with E-state index in [-0.39, 0.29) is 5.91 Å². The van der Waals surface area contributed by atoms with Crippen molar-refractivity contribution in [2.75, 3.05) is 20.3 Å². The Labute approximate surface area is 156 Å². The second-order valence-corrected chi connectivity index (χ2v) is 6.63. The number of nitrogens with zero attached hydrogens (tertiary/aromatic N) is 1. The summed E-state index contributed by atoms with van der Waals surface area (Å²) in [6.45, 7) is 0.650. The molecule has 6 nitrogen and oxygen atoms in total. The number of carbonyl (C=O) groups is 2. The van der Waals surface area contributed by atoms with Gasteiger partial charge in [-0.05, 0) is 17.7 Å². The monoisotopic (exact) mass is 364 g/mol. The number of aliphatic carboxylic acids is 1. The Morgan fingerprint density at radius 3 is 2.67 bits per heavy atom. The minimum atomic E-state index is -0.951. The van der Waals surface area contributed by atoms with Gasteiger partial charge < -0.3 is 19.7 Å². The van der Waals surface area contributed by atoms with Crippen LogP contribution in [0.1, 0.15) is 33.4 Å². The molecule has 1 amide bonds. The minimum Gasteiger partial charge on any atom is -0.481 e. The summed E-state index contributed by atoms with van der Waals surface area (Å²) in [6.07, 6.45) is 1.81. The number of ether oxygens (including phenoxy) is 1. The zero-order chi connectivity index (χ0) is 19.0. The molecule has 2 aromatic carbocycles. The van der Waals surface area contributed by atoms with Gasteiger partial charge in [0.1, 0.15) is 5.92 Å². The molecule has 27 heavy (non-hydrogen) atoms. The van der Waals surface area contributed by atoms with E-state index in [0.717, 1.165) is 16.5 Å². The van der Waals surface area contributed by atoms with E-state index in [2.05, 4.69) is 4.98 Å². The predicted molar refractivity (Wildman–Crippen MR) is 101 cm³/mol. The van der Waals surface area contributed by atoms with Crippen LogP contribution in [0.25, 0.3) is 10.9 Å². The summed E-state index contributed by atoms with van der Waals surface area (Å²) >= 11 is 0. The molecule has 1 aliphatic heterocycles. The molecule has 0 saturated carbocycles. The molecule has 1 aliphatic rings. The molecule has 2 atom stereocenters. The molecule has 0 spiro atoms. The molecule has 6 heteroatoms. The van der Waals surface area contributed by atoms with E-state index in [1.807, 2.05) is 30.5 Å². The summed E-state index contributed by atoms with van der Waals surface area (Å²) in [6, 6.07) is 14.1. The third-order valence-corrected chi connectivity index (χ3v) is 5.18. The van der Waals surface area contributed by atoms with Crippen molar-refractivity contribution in [3.8, 4) is 0 Å². The Bertz CT molecular complexity index is 1010. The fourth-order valence-electron chi connectivity index (χ4n) is 3.98. The molecule has 0 bridgehead atoms. The summed E-state index contributed by atoms with van der Waals surface area (Å²) in [5.41, 5.74) is 2.71. The lowest BCUT2D eigenvalue weighted by Crippen LogP contribution is -2.46. The number of H-pyrrole nitrogens is 1. The maximum Gasteiger partial charge on any atom is 0.313 e. The van der Waals surface area contributed by atoms with Crippen molar-refractivity contribution in [1.29, 1.82) is 0 Å². The number of aromatic amines is 1. The van der Waals surface area contributed by atoms with Crippen LogP contribution in [0.2, 0.25) is 0 Å². The van der Waals surface area contributed by atoms with E-state index in [0.29, 0.717) is 24.3 Å². The normalized spacial score (nSPS) is 19.3. The highest BCUT2D eigenvalue weighted by molar-refractivity contribution is 6.01. The maximum atomic E-state index is 13.2. The molecular weight excluding hydrogens is 344 g/mol. The Morgan fingerprint density at radius 2 is 1.89 bits per heavy atom. The van der Waals surface area contributed by atoms with Crippen molar-refractivity contribution in [1.82, 2.24) is 9.88 Å². The molecule has 3 aromatic rings. The first-order valence-corrected chi connectivity index (χ1v) is 8.81. The highest BCUT2D eigenvalue weighted by atomic mass is 16.5. The SMILES string of the molecule is COCCN1C(=O)c2ccccc2C(C(=O)O)C1c1c[nH]c2ccccc12. The van der Waals surface area contributed by atoms with E-state index in [1.54, 1.807) is 36.3 Å². The van der Waals surface area contributed by atoms with Crippen LogP contribution in [0.5, 0.6) is 0 Å². The van der Waals surface area contributed by atoms with Gasteiger partial charge in [-0.1, -0.05) is 36.4 Å². The fraction of sp³-hybridized carbons (Fsp3) is 0.238. The van der Waals surface area contributed by atoms with Crippen molar-refractivity contribution >= 4 is 22.8 Å². The van der Waals surface area contributed by atoms with Crippen LogP contribution < -0.4 is 0 Å². The van der Waals surface area contributed by atoms with Crippen molar-refractivity contribution in [2.45, 2.75) is 12.0 Å². The Balaban J connectivity index is 1.94. The van der Waals surface area contributed by atoms with Gasteiger partial charge in [-0.3, -0.25) is 9.59 Å². The van der Waals surface area contributed by atoms with Crippen LogP contribution in [-0.2, 0) is 9.53 Å². The first kappa shape index (κ1) is 17.3. The number of aromatic nitrogens is 1. The van der Waals surface area contributed by atoms with Crippen LogP contribution in [0, 0.1) is 0 Å². The minimum absolute atomic E-state index is 0.171. The number of carboxylic acids is 1. The van der Waals surface area contributed by atoms with E-state index in [4.69, 9.17) is 4.74 Å². The van der Waals surface area contributed by atoms with E-state index < -0.39 is 17.9 Å². The first-order chi connectivity index (χ1) is 13.1. The molecule has 1 aromatic heterocycles. The number of hydrogen-bond acceptors (Lipinski definition) is 3. The van der Waals surface area contributed by atoms with Gasteiger partial charge in [0.25, 0.3) is 5.91 Å². The molecule has 0 saturated heterocycles. The van der Waals surface area contributed by atoms with Crippen molar-refractivity contribution in [3.05, 3.63) is 71.4 Å². The smallest absolute Gasteiger partial charge is 0.313 e. The standard InChI is InChI=1S/C21H20N2O4/c1-27-11-10-23-19(16-12-22-17-9-5-4-6-13(16)17)18(21(25)26)14-7-2-3-8-15(14)20(23)24/h2-9,12,18-19,22H,10-11H2,1H3,(H,25,26). The zero-order valence-corrected chi connectivity index (χ0v) is 14.9. The summed E-state index contributed by atoms with van der Waals surface area (Å²) in [7, 11) is 1.57. The Hall–Kier alpha value is -3.12. The van der Waals surface area contributed by atoms with Crippen LogP contribution >= 0.6 is 0 Å². The number of fused-ring (bicyclic) bond motifs is 2. The fourth-order valence-corrected chi connectivity index (χ4v) is 3.98. The van der Waals surface area contributed by atoms with Crippen LogP contribution in [-0.4, -0.2) is 47.1 Å². The van der Waals surface area contributed by atoms with E-state index >= 15 is 0 Å². The summed E-state index contributed by atoms with van der Waals surface area (Å²) in [5, 5.41) is 11.0. The van der Waals surface area contributed by atoms with Crippen molar-refractivity contribution in [3.63, 3.8) is 0 Å². The van der Waals surface area contributed by atoms with Gasteiger partial charge in [0.15, 0.2) is 0 Å². The molecular formula is C21H20N2O4. The highest BCUT2D eigenvalue weighted by Gasteiger charge is 2.44. The number of para-hydroxylation sites is 1. The molecule has 2 heterocycles. The lowest BCUT2D eigenvalue weighted by Gasteiger charge is -2.40. The maximum absolute atomic E-state index is 13.2. The highest BCUT2D eigenvalue weighted by Crippen LogP contribution is 2.44. The second-order valence-electron chi connectivity index (χ2n) is 6.63. The summed E-state index contributed by atoms with van der Waals surface area (Å²) < 4.78 is 5.18. The zero-order valence-electron chi connectivity index (χ0n) is 14.9. The Kier molecular flexibility index (Phi) is 4.41. The summed E-state index contributed by atoms with van der Waals surface area (Å²) in [4.78, 5) is 30.3. The Morgan fingerprint density at radius 1 is 1.15 bits per heavy atom. The molecule has 0 fully saturated rings. The van der Waals surface area contributed by atoms with Crippen molar-refractivity contribution in [2.24, 2.45) is 0 Å². The molecule has 4 rings (SSSR count). The largest absolute Gasteiger partial charge is 0.481 e. The van der Waals surface area contributed by atoms with Crippen LogP contribution in [0.4, 0.5) is 0 Å². The van der Waals surface area contributed by atoms with Gasteiger partial charge in [0, 0.05) is 41.9 Å². The number of nitrogens with one attached hydrogen (secondary N) is 1. The number of hydrogen-bond donors (Lipinski definition) is 2. The number of carboxylic acid groups (broad SMARTS) is 1. The quantitative estimate of drug-likeness (QED) is 0.728. The van der Waals surface area contributed by atoms with E-state index in [1.165, 1.54) is 0 Å². The number of carbonyl (C=O) groups excluding carboxylic acids is 1. The lowest BCUT2D eigenvalue weighted by atomic mass is 9.79. The van der Waals surface area contributed by atoms with Gasteiger partial charge in [-0.15, -0.1) is 0 Å². The number of benzene rings is 2. The molecule has 0 aliphatic carbocycles. The van der Waals surface area contributed by atoms with Gasteiger partial charge in [0.2, 0.25) is 0 Å². The number of rotatable bonds is 5. The lowest BCUT2D eigenvalue weighted by molar-refractivity contribution is -0.140. The van der Waals surface area contributed by atoms with Gasteiger partial charge in [-0.25, -0.2) is 0 Å². The van der Waals surface area contributed by atoms with Gasteiger partial charge in [-0.2, -0.15) is 0 Å². The second kappa shape index (κ2) is 6.89. The molecule has 2 unspecified atom stereocenters. The van der Waals surface area contributed by atoms with Crippen molar-refractivity contribution < 1.29 is 19.4 Å². The number of methoxy groups -OCH3 is 1. The van der Waals surface area contributed by atoms with Gasteiger partial charge >= 0.3 is 5.97 Å². The topological polar surface area (TPSA) is 82.6 Å². The van der Waals surface area contributed by atoms with Crippen LogP contribution in [0.15, 0.2) is 54.7 Å². The molecule has 2 N–H and O–H groups in total. The predicted octanol–water partition coefficient (Wildman–Crippen LogP) is 3.18. The first-order valence-electron chi connectivity index (χ1n) is 8.81. The average molecular weight is 364 g/mol. The number of amides is 1. The molecule has 138 valence electrons. The third-order valence-electron chi connectivity index (χ3n) is 5.18.